The van der Waals surface area contributed by atoms with Gasteiger partial charge in [0.15, 0.2) is 0 Å². The molecule has 2 atom stereocenters. The topological polar surface area (TPSA) is 84.4 Å². The number of carbonyl (C=O) groups excluding carboxylic acids is 1. The Balaban J connectivity index is 1.40. The van der Waals surface area contributed by atoms with E-state index in [1.807, 2.05) is 29.4 Å². The molecule has 2 fully saturated rings. The number of carbonyl (C=O) groups is 1. The molecule has 2 saturated heterocycles. The minimum absolute atomic E-state index is 0.0126. The molecule has 3 aromatic heterocycles. The van der Waals surface area contributed by atoms with Crippen LogP contribution < -0.4 is 0 Å². The Kier molecular flexibility index (Phi) is 3.84. The van der Waals surface area contributed by atoms with Crippen molar-refractivity contribution in [3.63, 3.8) is 0 Å². The number of aliphatic hydroxyl groups is 1. The van der Waals surface area contributed by atoms with E-state index < -0.39 is 5.60 Å². The first-order valence-corrected chi connectivity index (χ1v) is 9.82. The maximum absolute atomic E-state index is 13.2. The molecule has 3 aromatic rings. The molecule has 7 heteroatoms. The third kappa shape index (κ3) is 2.64. The van der Waals surface area contributed by atoms with Crippen LogP contribution in [0.3, 0.4) is 0 Å². The van der Waals surface area contributed by atoms with E-state index in [2.05, 4.69) is 14.7 Å². The van der Waals surface area contributed by atoms with E-state index in [4.69, 9.17) is 4.52 Å². The summed E-state index contributed by atoms with van der Waals surface area (Å²) in [6.45, 7) is 4.10. The molecule has 7 nitrogen and oxygen atoms in total. The highest BCUT2D eigenvalue weighted by Gasteiger charge is 2.50. The highest BCUT2D eigenvalue weighted by atomic mass is 16.5. The molecule has 5 heterocycles. The summed E-state index contributed by atoms with van der Waals surface area (Å²) in [6, 6.07) is 4.12. The number of aromatic nitrogens is 3. The van der Waals surface area contributed by atoms with E-state index in [1.54, 1.807) is 20.0 Å². The largest absolute Gasteiger partial charge is 0.388 e. The number of pyridine rings is 1. The lowest BCUT2D eigenvalue weighted by molar-refractivity contribution is -0.0533. The van der Waals surface area contributed by atoms with Crippen molar-refractivity contribution in [3.05, 3.63) is 47.7 Å². The lowest BCUT2D eigenvalue weighted by Crippen LogP contribution is -2.54. The standard InChI is InChI=1S/C21H24N4O3/c1-13-19(14(2)28-23-13)20(26)25-16-3-4-17(25)10-21(27,9-16)12-24-8-6-15-5-7-22-11-18(15)24/h5-8,11,16-17,27H,3-4,9-10,12H2,1-2H3/t16-,17-/m1/s1. The summed E-state index contributed by atoms with van der Waals surface area (Å²) < 4.78 is 7.27. The maximum Gasteiger partial charge on any atom is 0.259 e. The molecule has 5 rings (SSSR count). The summed E-state index contributed by atoms with van der Waals surface area (Å²) in [6.07, 6.45) is 8.64. The second kappa shape index (κ2) is 6.17. The molecule has 28 heavy (non-hydrogen) atoms. The summed E-state index contributed by atoms with van der Waals surface area (Å²) >= 11 is 0. The first-order valence-electron chi connectivity index (χ1n) is 9.82. The Hall–Kier alpha value is -2.67. The van der Waals surface area contributed by atoms with E-state index in [-0.39, 0.29) is 18.0 Å². The van der Waals surface area contributed by atoms with Crippen LogP contribution in [0, 0.1) is 13.8 Å². The number of nitrogens with zero attached hydrogens (tertiary/aromatic N) is 4. The molecule has 146 valence electrons. The SMILES string of the molecule is Cc1noc(C)c1C(=O)N1[C@@H]2CC[C@@H]1CC(O)(Cn1ccc3ccncc31)C2. The second-order valence-corrected chi connectivity index (χ2v) is 8.31. The molecule has 0 unspecified atom stereocenters. The van der Waals surface area contributed by atoms with Gasteiger partial charge in [0.25, 0.3) is 5.91 Å². The Morgan fingerprint density at radius 1 is 1.29 bits per heavy atom. The predicted molar refractivity (Wildman–Crippen MR) is 103 cm³/mol. The summed E-state index contributed by atoms with van der Waals surface area (Å²) in [5, 5.41) is 16.5. The van der Waals surface area contributed by atoms with Gasteiger partial charge in [-0.1, -0.05) is 5.16 Å². The van der Waals surface area contributed by atoms with Crippen LogP contribution >= 0.6 is 0 Å². The van der Waals surface area contributed by atoms with Crippen LogP contribution in [0.2, 0.25) is 0 Å². The number of rotatable bonds is 3. The quantitative estimate of drug-likeness (QED) is 0.755. The number of hydrogen-bond acceptors (Lipinski definition) is 5. The van der Waals surface area contributed by atoms with Crippen molar-refractivity contribution in [2.75, 3.05) is 0 Å². The van der Waals surface area contributed by atoms with Gasteiger partial charge in [-0.2, -0.15) is 0 Å². The minimum Gasteiger partial charge on any atom is -0.388 e. The molecule has 2 bridgehead atoms. The van der Waals surface area contributed by atoms with Gasteiger partial charge in [-0.15, -0.1) is 0 Å². The molecular weight excluding hydrogens is 356 g/mol. The van der Waals surface area contributed by atoms with Crippen LogP contribution in [0.15, 0.2) is 35.2 Å². The van der Waals surface area contributed by atoms with Gasteiger partial charge in [0, 0.05) is 29.9 Å². The summed E-state index contributed by atoms with van der Waals surface area (Å²) in [4.78, 5) is 19.4. The van der Waals surface area contributed by atoms with Crippen LogP contribution in [-0.2, 0) is 6.54 Å². The number of fused-ring (bicyclic) bond motifs is 3. The Morgan fingerprint density at radius 2 is 2.04 bits per heavy atom. The zero-order chi connectivity index (χ0) is 19.5. The van der Waals surface area contributed by atoms with Crippen molar-refractivity contribution in [2.24, 2.45) is 0 Å². The van der Waals surface area contributed by atoms with Crippen LogP contribution in [0.1, 0.15) is 47.5 Å². The highest BCUT2D eigenvalue weighted by Crippen LogP contribution is 2.43. The number of aryl methyl sites for hydroxylation is 2. The molecule has 1 amide bonds. The second-order valence-electron chi connectivity index (χ2n) is 8.31. The molecule has 2 aliphatic heterocycles. The lowest BCUT2D eigenvalue weighted by Gasteiger charge is -2.44. The molecule has 0 aromatic carbocycles. The van der Waals surface area contributed by atoms with Gasteiger partial charge in [0.1, 0.15) is 11.3 Å². The van der Waals surface area contributed by atoms with Gasteiger partial charge in [-0.25, -0.2) is 0 Å². The third-order valence-electron chi connectivity index (χ3n) is 6.37. The molecule has 1 N–H and O–H groups in total. The van der Waals surface area contributed by atoms with Gasteiger partial charge in [0.05, 0.1) is 29.6 Å². The van der Waals surface area contributed by atoms with Crippen LogP contribution in [0.4, 0.5) is 0 Å². The zero-order valence-electron chi connectivity index (χ0n) is 16.1. The van der Waals surface area contributed by atoms with Crippen molar-refractivity contribution in [1.82, 2.24) is 19.6 Å². The molecule has 0 radical (unpaired) electrons. The normalized spacial score (nSPS) is 26.9. The Morgan fingerprint density at radius 3 is 2.71 bits per heavy atom. The summed E-state index contributed by atoms with van der Waals surface area (Å²) in [7, 11) is 0. The third-order valence-corrected chi connectivity index (χ3v) is 6.37. The van der Waals surface area contributed by atoms with E-state index in [1.165, 1.54) is 0 Å². The van der Waals surface area contributed by atoms with E-state index in [0.717, 1.165) is 23.7 Å². The molecule has 0 aliphatic carbocycles. The van der Waals surface area contributed by atoms with Crippen LogP contribution in [-0.4, -0.2) is 48.3 Å². The lowest BCUT2D eigenvalue weighted by atomic mass is 9.85. The van der Waals surface area contributed by atoms with Crippen LogP contribution in [0.25, 0.3) is 10.9 Å². The molecular formula is C21H24N4O3. The van der Waals surface area contributed by atoms with Gasteiger partial charge in [-0.05, 0) is 51.7 Å². The fourth-order valence-electron chi connectivity index (χ4n) is 5.18. The summed E-state index contributed by atoms with van der Waals surface area (Å²) in [5.41, 5.74) is 1.40. The van der Waals surface area contributed by atoms with E-state index >= 15 is 0 Å². The first kappa shape index (κ1) is 17.4. The first-order chi connectivity index (χ1) is 13.5. The van der Waals surface area contributed by atoms with Gasteiger partial charge >= 0.3 is 0 Å². The fraction of sp³-hybridized carbons (Fsp3) is 0.476. The highest BCUT2D eigenvalue weighted by molar-refractivity contribution is 5.96. The van der Waals surface area contributed by atoms with Crippen LogP contribution in [0.5, 0.6) is 0 Å². The monoisotopic (exact) mass is 380 g/mol. The Bertz CT molecular complexity index is 1020. The van der Waals surface area contributed by atoms with Gasteiger partial charge < -0.3 is 19.1 Å². The van der Waals surface area contributed by atoms with Crippen molar-refractivity contribution >= 4 is 16.8 Å². The molecule has 2 aliphatic rings. The minimum atomic E-state index is -0.830. The van der Waals surface area contributed by atoms with Crippen molar-refractivity contribution in [2.45, 2.75) is 63.8 Å². The molecule has 0 saturated carbocycles. The van der Waals surface area contributed by atoms with Gasteiger partial charge in [0.2, 0.25) is 0 Å². The molecule has 0 spiro atoms. The predicted octanol–water partition coefficient (Wildman–Crippen LogP) is 2.84. The van der Waals surface area contributed by atoms with Crippen molar-refractivity contribution in [1.29, 1.82) is 0 Å². The van der Waals surface area contributed by atoms with Gasteiger partial charge in [-0.3, -0.25) is 9.78 Å². The van der Waals surface area contributed by atoms with E-state index in [9.17, 15) is 9.90 Å². The maximum atomic E-state index is 13.2. The van der Waals surface area contributed by atoms with Crippen molar-refractivity contribution < 1.29 is 14.4 Å². The summed E-state index contributed by atoms with van der Waals surface area (Å²) in [5.74, 6) is 0.551. The number of amides is 1. The Labute approximate surface area is 162 Å². The number of hydrogen-bond donors (Lipinski definition) is 1. The number of piperidine rings is 1. The van der Waals surface area contributed by atoms with Crippen molar-refractivity contribution in [3.8, 4) is 0 Å². The fourth-order valence-corrected chi connectivity index (χ4v) is 5.18. The average molecular weight is 380 g/mol. The zero-order valence-corrected chi connectivity index (χ0v) is 16.1. The van der Waals surface area contributed by atoms with E-state index in [0.29, 0.717) is 36.4 Å². The smallest absolute Gasteiger partial charge is 0.259 e. The average Bonchev–Trinajstić information content (AvgIpc) is 3.30.